The van der Waals surface area contributed by atoms with E-state index in [1.54, 1.807) is 6.20 Å². The first-order valence-electron chi connectivity index (χ1n) is 10.2. The minimum atomic E-state index is -0.502. The molecule has 0 bridgehead atoms. The summed E-state index contributed by atoms with van der Waals surface area (Å²) in [6, 6.07) is 5.82. The fraction of sp³-hybridized carbons (Fsp3) is 0.500. The molecule has 1 aromatic carbocycles. The zero-order chi connectivity index (χ0) is 21.9. The molecule has 8 heteroatoms. The molecule has 1 saturated heterocycles. The number of ether oxygens (including phenoxy) is 1. The number of rotatable bonds is 5. The van der Waals surface area contributed by atoms with Gasteiger partial charge in [-0.25, -0.2) is 14.8 Å². The van der Waals surface area contributed by atoms with Crippen LogP contribution in [0.5, 0.6) is 0 Å². The molecule has 3 rings (SSSR count). The fourth-order valence-electron chi connectivity index (χ4n) is 3.42. The summed E-state index contributed by atoms with van der Waals surface area (Å²) in [5.41, 5.74) is 8.23. The molecule has 30 heavy (non-hydrogen) atoms. The van der Waals surface area contributed by atoms with E-state index in [-0.39, 0.29) is 6.09 Å². The Kier molecular flexibility index (Phi) is 6.83. The number of aromatic nitrogens is 2. The van der Waals surface area contributed by atoms with Crippen molar-refractivity contribution in [2.45, 2.75) is 46.3 Å². The Morgan fingerprint density at radius 1 is 1.40 bits per heavy atom. The maximum Gasteiger partial charge on any atom is 0.407 e. The van der Waals surface area contributed by atoms with Crippen molar-refractivity contribution in [3.63, 3.8) is 0 Å². The predicted molar refractivity (Wildman–Crippen MR) is 120 cm³/mol. The van der Waals surface area contributed by atoms with Crippen LogP contribution in [-0.4, -0.2) is 41.3 Å². The average Bonchev–Trinajstić information content (AvgIpc) is 3.15. The lowest BCUT2D eigenvalue weighted by atomic mass is 10.1. The van der Waals surface area contributed by atoms with Gasteiger partial charge in [-0.3, -0.25) is 0 Å². The number of amides is 1. The van der Waals surface area contributed by atoms with Crippen molar-refractivity contribution in [2.75, 3.05) is 24.5 Å². The highest BCUT2D eigenvalue weighted by atomic mass is 35.5. The predicted octanol–water partition coefficient (Wildman–Crippen LogP) is 3.92. The van der Waals surface area contributed by atoms with E-state index in [4.69, 9.17) is 27.1 Å². The molecule has 1 atom stereocenters. The first kappa shape index (κ1) is 22.3. The number of aryl methyl sites for hydroxylation is 1. The Hall–Kier alpha value is -2.38. The summed E-state index contributed by atoms with van der Waals surface area (Å²) in [4.78, 5) is 23.4. The number of carbonyl (C=O) groups excluding carboxylic acids is 1. The highest BCUT2D eigenvalue weighted by Gasteiger charge is 2.27. The summed E-state index contributed by atoms with van der Waals surface area (Å²) in [6.07, 6.45) is 2.36. The van der Waals surface area contributed by atoms with Crippen LogP contribution in [0.2, 0.25) is 5.02 Å². The van der Waals surface area contributed by atoms with Gasteiger partial charge in [0.25, 0.3) is 0 Å². The molecule has 0 radical (unpaired) electrons. The average molecular weight is 432 g/mol. The van der Waals surface area contributed by atoms with Crippen molar-refractivity contribution < 1.29 is 9.53 Å². The van der Waals surface area contributed by atoms with E-state index in [1.165, 1.54) is 0 Å². The molecule has 1 unspecified atom stereocenters. The second kappa shape index (κ2) is 9.18. The minimum absolute atomic E-state index is 0.315. The van der Waals surface area contributed by atoms with Gasteiger partial charge in [0.05, 0.1) is 0 Å². The smallest absolute Gasteiger partial charge is 0.407 e. The van der Waals surface area contributed by atoms with E-state index < -0.39 is 5.60 Å². The minimum Gasteiger partial charge on any atom is -0.444 e. The van der Waals surface area contributed by atoms with Crippen molar-refractivity contribution in [3.8, 4) is 11.4 Å². The van der Waals surface area contributed by atoms with Gasteiger partial charge in [0.15, 0.2) is 5.82 Å². The molecule has 1 fully saturated rings. The van der Waals surface area contributed by atoms with E-state index in [0.29, 0.717) is 29.9 Å². The topological polar surface area (TPSA) is 93.4 Å². The van der Waals surface area contributed by atoms with Crippen LogP contribution in [0.3, 0.4) is 0 Å². The van der Waals surface area contributed by atoms with Gasteiger partial charge in [-0.15, -0.1) is 0 Å². The molecule has 0 spiro atoms. The molecular weight excluding hydrogens is 402 g/mol. The van der Waals surface area contributed by atoms with E-state index >= 15 is 0 Å². The zero-order valence-corrected chi connectivity index (χ0v) is 18.8. The second-order valence-electron chi connectivity index (χ2n) is 8.69. The first-order chi connectivity index (χ1) is 14.2. The van der Waals surface area contributed by atoms with Gasteiger partial charge in [-0.05, 0) is 51.7 Å². The Morgan fingerprint density at radius 3 is 2.83 bits per heavy atom. The summed E-state index contributed by atoms with van der Waals surface area (Å²) < 4.78 is 5.32. The normalized spacial score (nSPS) is 16.6. The summed E-state index contributed by atoms with van der Waals surface area (Å²) >= 11 is 6.28. The van der Waals surface area contributed by atoms with Crippen LogP contribution >= 0.6 is 11.6 Å². The van der Waals surface area contributed by atoms with Crippen molar-refractivity contribution in [1.29, 1.82) is 0 Å². The van der Waals surface area contributed by atoms with Crippen LogP contribution in [0.25, 0.3) is 11.4 Å². The molecule has 2 aromatic rings. The first-order valence-corrected chi connectivity index (χ1v) is 10.6. The van der Waals surface area contributed by atoms with Gasteiger partial charge >= 0.3 is 6.09 Å². The van der Waals surface area contributed by atoms with Crippen molar-refractivity contribution in [1.82, 2.24) is 15.3 Å². The third kappa shape index (κ3) is 5.61. The van der Waals surface area contributed by atoms with Crippen LogP contribution in [0.4, 0.5) is 10.6 Å². The SMILES string of the molecule is Cc1ccc(-c2ncc(CN)c(N3CCC(CNC(=O)OC(C)(C)C)C3)n2)cc1Cl. The van der Waals surface area contributed by atoms with Gasteiger partial charge in [-0.1, -0.05) is 23.7 Å². The Morgan fingerprint density at radius 2 is 2.17 bits per heavy atom. The number of hydrogen-bond donors (Lipinski definition) is 2. The lowest BCUT2D eigenvalue weighted by Gasteiger charge is -2.22. The number of anilines is 1. The molecule has 1 amide bonds. The van der Waals surface area contributed by atoms with Crippen LogP contribution in [0.1, 0.15) is 38.3 Å². The number of nitrogens with zero attached hydrogens (tertiary/aromatic N) is 3. The van der Waals surface area contributed by atoms with Crippen LogP contribution in [-0.2, 0) is 11.3 Å². The van der Waals surface area contributed by atoms with E-state index in [1.807, 2.05) is 45.9 Å². The van der Waals surface area contributed by atoms with E-state index in [2.05, 4.69) is 15.2 Å². The summed E-state index contributed by atoms with van der Waals surface area (Å²) in [7, 11) is 0. The summed E-state index contributed by atoms with van der Waals surface area (Å²) in [5, 5.41) is 3.56. The van der Waals surface area contributed by atoms with Gasteiger partial charge in [0.1, 0.15) is 11.4 Å². The largest absolute Gasteiger partial charge is 0.444 e. The van der Waals surface area contributed by atoms with E-state index in [9.17, 15) is 4.79 Å². The Balaban J connectivity index is 1.71. The molecule has 2 heterocycles. The molecule has 7 nitrogen and oxygen atoms in total. The molecule has 1 aliphatic heterocycles. The Labute approximate surface area is 183 Å². The molecule has 0 aliphatic carbocycles. The van der Waals surface area contributed by atoms with Crippen molar-refractivity contribution >= 4 is 23.5 Å². The number of alkyl carbamates (subject to hydrolysis) is 1. The molecule has 1 aliphatic rings. The maximum absolute atomic E-state index is 11.9. The lowest BCUT2D eigenvalue weighted by Crippen LogP contribution is -2.36. The van der Waals surface area contributed by atoms with Gasteiger partial charge in [0.2, 0.25) is 0 Å². The zero-order valence-electron chi connectivity index (χ0n) is 18.0. The number of halogens is 1. The maximum atomic E-state index is 11.9. The third-order valence-electron chi connectivity index (χ3n) is 5.01. The highest BCUT2D eigenvalue weighted by molar-refractivity contribution is 6.31. The third-order valence-corrected chi connectivity index (χ3v) is 5.42. The van der Waals surface area contributed by atoms with Crippen LogP contribution in [0.15, 0.2) is 24.4 Å². The number of benzene rings is 1. The van der Waals surface area contributed by atoms with Crippen molar-refractivity contribution in [2.24, 2.45) is 11.7 Å². The lowest BCUT2D eigenvalue weighted by molar-refractivity contribution is 0.0520. The number of nitrogens with two attached hydrogens (primary N) is 1. The summed E-state index contributed by atoms with van der Waals surface area (Å²) in [5.74, 6) is 1.79. The molecule has 1 aromatic heterocycles. The van der Waals surface area contributed by atoms with Crippen LogP contribution in [0, 0.1) is 12.8 Å². The molecule has 0 saturated carbocycles. The number of carbonyl (C=O) groups is 1. The molecule has 162 valence electrons. The quantitative estimate of drug-likeness (QED) is 0.745. The number of nitrogens with one attached hydrogen (secondary N) is 1. The van der Waals surface area contributed by atoms with Crippen molar-refractivity contribution in [3.05, 3.63) is 40.5 Å². The second-order valence-corrected chi connectivity index (χ2v) is 9.10. The highest BCUT2D eigenvalue weighted by Crippen LogP contribution is 2.29. The van der Waals surface area contributed by atoms with Gasteiger partial charge < -0.3 is 20.7 Å². The van der Waals surface area contributed by atoms with Gasteiger partial charge in [-0.2, -0.15) is 0 Å². The van der Waals surface area contributed by atoms with Crippen LogP contribution < -0.4 is 16.0 Å². The standard InChI is InChI=1S/C22H30ClN5O2/c1-14-5-6-16(9-18(14)23)19-25-12-17(10-24)20(27-19)28-8-7-15(13-28)11-26-21(29)30-22(2,3)4/h5-6,9,12,15H,7-8,10-11,13,24H2,1-4H3,(H,26,29). The Bertz CT molecular complexity index is 913. The van der Waals surface area contributed by atoms with Gasteiger partial charge in [0, 0.05) is 48.5 Å². The monoisotopic (exact) mass is 431 g/mol. The molecular formula is C22H30ClN5O2. The molecule has 3 N–H and O–H groups in total. The summed E-state index contributed by atoms with van der Waals surface area (Å²) in [6.45, 7) is 10.1. The number of hydrogen-bond acceptors (Lipinski definition) is 6. The fourth-order valence-corrected chi connectivity index (χ4v) is 3.60. The van der Waals surface area contributed by atoms with E-state index in [0.717, 1.165) is 42.0 Å².